The van der Waals surface area contributed by atoms with Crippen molar-refractivity contribution in [2.75, 3.05) is 25.0 Å². The third kappa shape index (κ3) is 7.93. The van der Waals surface area contributed by atoms with Crippen LogP contribution in [0.25, 0.3) is 0 Å². The largest absolute Gasteiger partial charge is 0.369 e. The molecule has 288 valence electrons. The Bertz CT molecular complexity index is 1650. The molecule has 13 heteroatoms. The van der Waals surface area contributed by atoms with Gasteiger partial charge in [-0.05, 0) is 59.2 Å². The minimum atomic E-state index is -1.10. The number of hydrogen-bond acceptors (Lipinski definition) is 8. The number of likely N-dealkylation sites (N-methyl/N-ethyl adjacent to an activating group) is 1. The van der Waals surface area contributed by atoms with Gasteiger partial charge in [0, 0.05) is 25.7 Å². The molecule has 5 rings (SSSR count). The molecule has 1 unspecified atom stereocenters. The molecule has 4 aliphatic rings. The quantitative estimate of drug-likeness (QED) is 0.223. The van der Waals surface area contributed by atoms with Crippen molar-refractivity contribution in [3.63, 3.8) is 0 Å². The first-order valence-corrected chi connectivity index (χ1v) is 19.1. The first-order valence-electron chi connectivity index (χ1n) is 19.1. The number of carbonyl (C=O) groups is 5. The topological polar surface area (TPSA) is 188 Å². The second-order valence-corrected chi connectivity index (χ2v) is 18.8. The SMILES string of the molecule is CN(C[C@@H](NC(=O)N[C@H](C(=O)N1C[C@H]2[C@@H]([C@H]1C(=O)NC(CC1CC1)C(=O)C(N)=O)C2(C)C)C(C)(C)C)C1CCCCC1)c1c(C(C)(C)C)c(=O)c1=O. The van der Waals surface area contributed by atoms with Gasteiger partial charge in [-0.1, -0.05) is 87.5 Å². The van der Waals surface area contributed by atoms with Gasteiger partial charge in [0.2, 0.25) is 28.5 Å². The van der Waals surface area contributed by atoms with Crippen molar-refractivity contribution in [1.29, 1.82) is 0 Å². The Kier molecular flexibility index (Phi) is 10.8. The lowest BCUT2D eigenvalue weighted by Gasteiger charge is -2.39. The Morgan fingerprint density at radius 2 is 1.52 bits per heavy atom. The molecular weight excluding hydrogens is 664 g/mol. The maximum Gasteiger partial charge on any atom is 0.315 e. The maximum absolute atomic E-state index is 14.5. The highest BCUT2D eigenvalue weighted by Crippen LogP contribution is 2.65. The molecule has 3 saturated carbocycles. The number of carbonyl (C=O) groups excluding carboxylic acids is 5. The minimum Gasteiger partial charge on any atom is -0.369 e. The number of Topliss-reactive ketones (excluding diaryl/α,β-unsaturated/α-hetero) is 1. The predicted octanol–water partition coefficient (Wildman–Crippen LogP) is 2.50. The summed E-state index contributed by atoms with van der Waals surface area (Å²) in [6.07, 6.45) is 7.12. The number of ketones is 1. The van der Waals surface area contributed by atoms with E-state index < -0.39 is 69.3 Å². The molecule has 1 aliphatic heterocycles. The third-order valence-corrected chi connectivity index (χ3v) is 12.3. The number of nitrogens with two attached hydrogens (primary N) is 1. The van der Waals surface area contributed by atoms with Crippen LogP contribution >= 0.6 is 0 Å². The number of nitrogens with zero attached hydrogens (tertiary/aromatic N) is 2. The lowest BCUT2D eigenvalue weighted by molar-refractivity contribution is -0.145. The molecule has 0 bridgehead atoms. The summed E-state index contributed by atoms with van der Waals surface area (Å²) in [6.45, 7) is 16.0. The zero-order valence-corrected chi connectivity index (χ0v) is 32.5. The van der Waals surface area contributed by atoms with Crippen molar-refractivity contribution in [3.05, 3.63) is 26.0 Å². The number of urea groups is 1. The van der Waals surface area contributed by atoms with Gasteiger partial charge in [-0.2, -0.15) is 0 Å². The van der Waals surface area contributed by atoms with Gasteiger partial charge in [0.15, 0.2) is 0 Å². The summed E-state index contributed by atoms with van der Waals surface area (Å²) in [7, 11) is 1.78. The molecule has 5 amide bonds. The van der Waals surface area contributed by atoms with Crippen molar-refractivity contribution in [2.24, 2.45) is 40.2 Å². The van der Waals surface area contributed by atoms with Gasteiger partial charge in [0.1, 0.15) is 12.1 Å². The van der Waals surface area contributed by atoms with Crippen LogP contribution in [-0.4, -0.2) is 78.7 Å². The summed E-state index contributed by atoms with van der Waals surface area (Å²) >= 11 is 0. The number of piperidine rings is 1. The van der Waals surface area contributed by atoms with Gasteiger partial charge in [-0.15, -0.1) is 0 Å². The van der Waals surface area contributed by atoms with E-state index >= 15 is 0 Å². The summed E-state index contributed by atoms with van der Waals surface area (Å²) < 4.78 is 0. The molecule has 52 heavy (non-hydrogen) atoms. The second-order valence-electron chi connectivity index (χ2n) is 18.8. The van der Waals surface area contributed by atoms with Crippen molar-refractivity contribution in [3.8, 4) is 0 Å². The van der Waals surface area contributed by atoms with Crippen LogP contribution in [0, 0.1) is 34.5 Å². The smallest absolute Gasteiger partial charge is 0.315 e. The van der Waals surface area contributed by atoms with Gasteiger partial charge >= 0.3 is 6.03 Å². The molecule has 13 nitrogen and oxygen atoms in total. The van der Waals surface area contributed by atoms with E-state index in [1.165, 1.54) is 0 Å². The lowest BCUT2D eigenvalue weighted by atomic mass is 9.81. The van der Waals surface area contributed by atoms with E-state index in [0.29, 0.717) is 30.8 Å². The van der Waals surface area contributed by atoms with Crippen LogP contribution in [0.1, 0.15) is 112 Å². The fourth-order valence-electron chi connectivity index (χ4n) is 8.99. The summed E-state index contributed by atoms with van der Waals surface area (Å²) in [5, 5.41) is 8.90. The number of hydrogen-bond donors (Lipinski definition) is 4. The number of fused-ring (bicyclic) bond motifs is 1. The third-order valence-electron chi connectivity index (χ3n) is 12.3. The van der Waals surface area contributed by atoms with E-state index in [1.807, 2.05) is 41.5 Å². The highest BCUT2D eigenvalue weighted by molar-refractivity contribution is 6.37. The number of amides is 5. The van der Waals surface area contributed by atoms with Crippen molar-refractivity contribution in [1.82, 2.24) is 20.9 Å². The average Bonchev–Trinajstić information content (AvgIpc) is 3.90. The standard InChI is InChI=1S/C39H60N6O7/c1-37(2,3)26-27(31(48)30(26)47)44(9)19-24(21-13-11-10-12-14-21)42-36(52)43-32(38(4,5)6)35(51)45-18-22-25(39(22,7)8)28(45)34(50)41-23(17-20-15-16-20)29(46)33(40)49/h20-25,28,32H,10-19H2,1-9H3,(H2,40,49)(H,41,50)(H2,42,43,52)/t22-,23?,24+,25-,28-,32+/m0/s1. The van der Waals surface area contributed by atoms with Crippen LogP contribution < -0.4 is 37.4 Å². The van der Waals surface area contributed by atoms with E-state index in [1.54, 1.807) is 16.8 Å². The van der Waals surface area contributed by atoms with Crippen LogP contribution in [0.2, 0.25) is 0 Å². The first kappa shape index (κ1) is 39.4. The summed E-state index contributed by atoms with van der Waals surface area (Å²) in [5.41, 5.74) is 3.80. The Morgan fingerprint density at radius 1 is 0.904 bits per heavy atom. The van der Waals surface area contributed by atoms with Crippen LogP contribution in [-0.2, 0) is 24.6 Å². The number of primary amides is 1. The molecule has 1 heterocycles. The second kappa shape index (κ2) is 14.2. The van der Waals surface area contributed by atoms with E-state index in [2.05, 4.69) is 29.8 Å². The Balaban J connectivity index is 1.34. The zero-order chi connectivity index (χ0) is 38.7. The van der Waals surface area contributed by atoms with Gasteiger partial charge in [0.05, 0.1) is 17.8 Å². The van der Waals surface area contributed by atoms with Gasteiger partial charge in [-0.25, -0.2) is 4.79 Å². The van der Waals surface area contributed by atoms with Crippen molar-refractivity contribution < 1.29 is 24.0 Å². The van der Waals surface area contributed by atoms with Crippen LogP contribution in [0.3, 0.4) is 0 Å². The van der Waals surface area contributed by atoms with Gasteiger partial charge < -0.3 is 31.5 Å². The number of likely N-dealkylation sites (tertiary alicyclic amines) is 1. The Hall–Kier alpha value is -3.77. The number of rotatable bonds is 13. The maximum atomic E-state index is 14.5. The molecule has 0 spiro atoms. The molecule has 4 fully saturated rings. The Labute approximate surface area is 307 Å². The number of anilines is 1. The van der Waals surface area contributed by atoms with Crippen molar-refractivity contribution in [2.45, 2.75) is 136 Å². The van der Waals surface area contributed by atoms with E-state index in [-0.39, 0.29) is 35.1 Å². The first-order chi connectivity index (χ1) is 24.0. The minimum absolute atomic E-state index is 0.0648. The fourth-order valence-corrected chi connectivity index (χ4v) is 8.99. The van der Waals surface area contributed by atoms with Crippen LogP contribution in [0.5, 0.6) is 0 Å². The molecule has 0 radical (unpaired) electrons. The fraction of sp³-hybridized carbons (Fsp3) is 0.769. The monoisotopic (exact) mass is 724 g/mol. The highest BCUT2D eigenvalue weighted by atomic mass is 16.2. The molecule has 1 aromatic carbocycles. The number of nitrogens with one attached hydrogen (secondary N) is 3. The molecular formula is C39H60N6O7. The van der Waals surface area contributed by atoms with E-state index in [4.69, 9.17) is 5.73 Å². The summed E-state index contributed by atoms with van der Waals surface area (Å²) in [4.78, 5) is 95.6. The van der Waals surface area contributed by atoms with Crippen LogP contribution in [0.4, 0.5) is 10.5 Å². The highest BCUT2D eigenvalue weighted by Gasteiger charge is 2.70. The lowest BCUT2D eigenvalue weighted by Crippen LogP contribution is -2.62. The van der Waals surface area contributed by atoms with E-state index in [0.717, 1.165) is 44.9 Å². The van der Waals surface area contributed by atoms with Crippen LogP contribution in [0.15, 0.2) is 9.59 Å². The average molecular weight is 725 g/mol. The predicted molar refractivity (Wildman–Crippen MR) is 198 cm³/mol. The Morgan fingerprint density at radius 3 is 2.06 bits per heavy atom. The molecule has 3 aliphatic carbocycles. The van der Waals surface area contributed by atoms with Gasteiger partial charge in [0.25, 0.3) is 5.91 Å². The van der Waals surface area contributed by atoms with Crippen molar-refractivity contribution >= 4 is 35.2 Å². The zero-order valence-electron chi connectivity index (χ0n) is 32.5. The molecule has 1 aromatic rings. The molecule has 6 atom stereocenters. The summed E-state index contributed by atoms with van der Waals surface area (Å²) in [5.74, 6) is -2.53. The molecule has 5 N–H and O–H groups in total. The summed E-state index contributed by atoms with van der Waals surface area (Å²) in [6, 6.07) is -3.80. The van der Waals surface area contributed by atoms with E-state index in [9.17, 15) is 33.6 Å². The normalized spacial score (nSPS) is 24.7. The molecule has 1 saturated heterocycles. The van der Waals surface area contributed by atoms with Gasteiger partial charge in [-0.3, -0.25) is 28.8 Å². The molecule has 0 aromatic heterocycles.